The van der Waals surface area contributed by atoms with E-state index in [0.29, 0.717) is 30.1 Å². The summed E-state index contributed by atoms with van der Waals surface area (Å²) in [5, 5.41) is 3.79. The number of nitrogens with one attached hydrogen (secondary N) is 1. The Balaban J connectivity index is 2.12. The number of hydrogen-bond donors (Lipinski definition) is 1. The second-order valence-electron chi connectivity index (χ2n) is 6.09. The average molecular weight is 251 g/mol. The van der Waals surface area contributed by atoms with E-state index < -0.39 is 0 Å². The van der Waals surface area contributed by atoms with Gasteiger partial charge in [0.05, 0.1) is 12.2 Å². The molecule has 5 atom stereocenters. The molecule has 1 N–H and O–H groups in total. The van der Waals surface area contributed by atoms with Gasteiger partial charge in [0.2, 0.25) is 0 Å². The fourth-order valence-corrected chi connectivity index (χ4v) is 3.66. The predicted molar refractivity (Wildman–Crippen MR) is 76.7 cm³/mol. The van der Waals surface area contributed by atoms with Crippen LogP contribution in [0.25, 0.3) is 0 Å². The van der Waals surface area contributed by atoms with Crippen molar-refractivity contribution in [1.29, 1.82) is 0 Å². The predicted octanol–water partition coefficient (Wildman–Crippen LogP) is 3.52. The van der Waals surface area contributed by atoms with Crippen molar-refractivity contribution < 1.29 is 4.74 Å². The van der Waals surface area contributed by atoms with Gasteiger partial charge in [0.1, 0.15) is 0 Å². The maximum absolute atomic E-state index is 6.04. The van der Waals surface area contributed by atoms with Crippen molar-refractivity contribution in [3.8, 4) is 0 Å². The van der Waals surface area contributed by atoms with Crippen LogP contribution in [-0.4, -0.2) is 24.8 Å². The number of allylic oxidation sites excluding steroid dienone is 1. The third-order valence-corrected chi connectivity index (χ3v) is 4.79. The normalized spacial score (nSPS) is 37.9. The first-order valence-electron chi connectivity index (χ1n) is 7.73. The Kier molecular flexibility index (Phi) is 4.85. The largest absolute Gasteiger partial charge is 0.375 e. The maximum atomic E-state index is 6.04. The third-order valence-electron chi connectivity index (χ3n) is 4.79. The molecular formula is C16H29NO. The molecule has 2 heteroatoms. The van der Waals surface area contributed by atoms with Crippen molar-refractivity contribution in [2.45, 2.75) is 71.6 Å². The lowest BCUT2D eigenvalue weighted by atomic mass is 9.80. The summed E-state index contributed by atoms with van der Waals surface area (Å²) in [7, 11) is 0. The van der Waals surface area contributed by atoms with Crippen molar-refractivity contribution in [2.75, 3.05) is 6.54 Å². The lowest BCUT2D eigenvalue weighted by Gasteiger charge is -2.31. The Morgan fingerprint density at radius 1 is 1.33 bits per heavy atom. The van der Waals surface area contributed by atoms with Crippen molar-refractivity contribution in [2.24, 2.45) is 11.8 Å². The van der Waals surface area contributed by atoms with E-state index in [1.54, 1.807) is 5.57 Å². The minimum absolute atomic E-state index is 0.380. The number of rotatable bonds is 5. The summed E-state index contributed by atoms with van der Waals surface area (Å²) < 4.78 is 6.04. The SMILES string of the molecule is CCCNC(C1=CCCC1)C1C(C)OC(C)C1C. The molecule has 5 unspecified atom stereocenters. The molecule has 0 radical (unpaired) electrons. The van der Waals surface area contributed by atoms with E-state index in [1.165, 1.54) is 25.7 Å². The smallest absolute Gasteiger partial charge is 0.0600 e. The highest BCUT2D eigenvalue weighted by Crippen LogP contribution is 2.38. The molecule has 104 valence electrons. The van der Waals surface area contributed by atoms with Gasteiger partial charge >= 0.3 is 0 Å². The summed E-state index contributed by atoms with van der Waals surface area (Å²) >= 11 is 0. The van der Waals surface area contributed by atoms with E-state index in [-0.39, 0.29) is 0 Å². The van der Waals surface area contributed by atoms with Gasteiger partial charge in [-0.15, -0.1) is 0 Å². The van der Waals surface area contributed by atoms with Gasteiger partial charge in [-0.25, -0.2) is 0 Å². The summed E-state index contributed by atoms with van der Waals surface area (Å²) in [6.07, 6.45) is 8.34. The van der Waals surface area contributed by atoms with Gasteiger partial charge in [0, 0.05) is 12.0 Å². The zero-order valence-corrected chi connectivity index (χ0v) is 12.4. The first kappa shape index (κ1) is 14.1. The van der Waals surface area contributed by atoms with Crippen LogP contribution in [0.5, 0.6) is 0 Å². The van der Waals surface area contributed by atoms with Crippen molar-refractivity contribution >= 4 is 0 Å². The van der Waals surface area contributed by atoms with Crippen molar-refractivity contribution in [1.82, 2.24) is 5.32 Å². The van der Waals surface area contributed by atoms with E-state index >= 15 is 0 Å². The highest BCUT2D eigenvalue weighted by Gasteiger charge is 2.42. The molecule has 0 aromatic rings. The summed E-state index contributed by atoms with van der Waals surface area (Å²) in [4.78, 5) is 0. The molecule has 0 aromatic carbocycles. The topological polar surface area (TPSA) is 21.3 Å². The van der Waals surface area contributed by atoms with E-state index in [1.807, 2.05) is 0 Å². The molecule has 1 saturated heterocycles. The molecule has 2 nitrogen and oxygen atoms in total. The summed E-state index contributed by atoms with van der Waals surface area (Å²) in [5.74, 6) is 1.28. The Labute approximate surface area is 112 Å². The minimum atomic E-state index is 0.380. The van der Waals surface area contributed by atoms with Gasteiger partial charge in [0.25, 0.3) is 0 Å². The van der Waals surface area contributed by atoms with Crippen LogP contribution in [0, 0.1) is 11.8 Å². The molecule has 2 rings (SSSR count). The lowest BCUT2D eigenvalue weighted by molar-refractivity contribution is 0.0488. The Morgan fingerprint density at radius 2 is 2.11 bits per heavy atom. The standard InChI is InChI=1S/C16H29NO/c1-5-10-17-16(14-8-6-7-9-14)15-11(2)12(3)18-13(15)4/h8,11-13,15-17H,5-7,9-10H2,1-4H3. The molecule has 0 amide bonds. The van der Waals surface area contributed by atoms with Gasteiger partial charge in [-0.05, 0) is 52.0 Å². The monoisotopic (exact) mass is 251 g/mol. The van der Waals surface area contributed by atoms with Crippen molar-refractivity contribution in [3.63, 3.8) is 0 Å². The maximum Gasteiger partial charge on any atom is 0.0600 e. The summed E-state index contributed by atoms with van der Waals surface area (Å²) in [6.45, 7) is 10.2. The van der Waals surface area contributed by atoms with Crippen LogP contribution in [0.2, 0.25) is 0 Å². The fourth-order valence-electron chi connectivity index (χ4n) is 3.66. The van der Waals surface area contributed by atoms with Crippen LogP contribution in [0.1, 0.15) is 53.4 Å². The van der Waals surface area contributed by atoms with Crippen LogP contribution in [0.3, 0.4) is 0 Å². The molecule has 0 bridgehead atoms. The molecule has 1 aliphatic heterocycles. The third kappa shape index (κ3) is 2.80. The second kappa shape index (κ2) is 6.21. The molecule has 1 heterocycles. The molecule has 2 aliphatic rings. The van der Waals surface area contributed by atoms with Gasteiger partial charge in [0.15, 0.2) is 0 Å². The quantitative estimate of drug-likeness (QED) is 0.755. The average Bonchev–Trinajstić information content (AvgIpc) is 2.93. The summed E-state index contributed by atoms with van der Waals surface area (Å²) in [6, 6.07) is 0.544. The van der Waals surface area contributed by atoms with Gasteiger partial charge < -0.3 is 10.1 Å². The van der Waals surface area contributed by atoms with Crippen LogP contribution in [0.15, 0.2) is 11.6 Å². The Morgan fingerprint density at radius 3 is 2.61 bits per heavy atom. The zero-order valence-electron chi connectivity index (χ0n) is 12.4. The van der Waals surface area contributed by atoms with Crippen molar-refractivity contribution in [3.05, 3.63) is 11.6 Å². The van der Waals surface area contributed by atoms with E-state index in [0.717, 1.165) is 6.54 Å². The molecule has 0 spiro atoms. The van der Waals surface area contributed by atoms with Gasteiger partial charge in [-0.3, -0.25) is 0 Å². The van der Waals surface area contributed by atoms with E-state index in [9.17, 15) is 0 Å². The highest BCUT2D eigenvalue weighted by molar-refractivity contribution is 5.18. The van der Waals surface area contributed by atoms with Gasteiger partial charge in [-0.2, -0.15) is 0 Å². The number of ether oxygens (including phenoxy) is 1. The summed E-state index contributed by atoms with van der Waals surface area (Å²) in [5.41, 5.74) is 1.64. The molecule has 1 aliphatic carbocycles. The molecule has 0 saturated carbocycles. The number of hydrogen-bond acceptors (Lipinski definition) is 2. The fraction of sp³-hybridized carbons (Fsp3) is 0.875. The second-order valence-corrected chi connectivity index (χ2v) is 6.09. The minimum Gasteiger partial charge on any atom is -0.375 e. The van der Waals surface area contributed by atoms with Crippen LogP contribution < -0.4 is 5.32 Å². The van der Waals surface area contributed by atoms with Crippen LogP contribution >= 0.6 is 0 Å². The Bertz CT molecular complexity index is 299. The zero-order chi connectivity index (χ0) is 13.1. The van der Waals surface area contributed by atoms with E-state index in [4.69, 9.17) is 4.74 Å². The molecule has 1 fully saturated rings. The van der Waals surface area contributed by atoms with Crippen LogP contribution in [-0.2, 0) is 4.74 Å². The first-order valence-corrected chi connectivity index (χ1v) is 7.73. The van der Waals surface area contributed by atoms with Gasteiger partial charge in [-0.1, -0.05) is 25.5 Å². The Hall–Kier alpha value is -0.340. The van der Waals surface area contributed by atoms with E-state index in [2.05, 4.69) is 39.1 Å². The lowest BCUT2D eigenvalue weighted by Crippen LogP contribution is -2.43. The molecule has 0 aromatic heterocycles. The van der Waals surface area contributed by atoms with Crippen LogP contribution in [0.4, 0.5) is 0 Å². The first-order chi connectivity index (χ1) is 8.65. The highest BCUT2D eigenvalue weighted by atomic mass is 16.5. The molecule has 18 heavy (non-hydrogen) atoms. The molecular weight excluding hydrogens is 222 g/mol.